The summed E-state index contributed by atoms with van der Waals surface area (Å²) in [4.78, 5) is 1.19. The molecule has 8 heteroatoms. The van der Waals surface area contributed by atoms with E-state index in [1.165, 1.54) is 20.8 Å². The van der Waals surface area contributed by atoms with Gasteiger partial charge in [0, 0.05) is 11.5 Å². The second kappa shape index (κ2) is 17.7. The van der Waals surface area contributed by atoms with Gasteiger partial charge in [-0.1, -0.05) is 138 Å². The molecule has 4 aromatic carbocycles. The molecule has 4 aromatic rings. The maximum absolute atomic E-state index is 7.39. The number of thioether (sulfide) groups is 1. The summed E-state index contributed by atoms with van der Waals surface area (Å²) < 4.78 is 28.6. The van der Waals surface area contributed by atoms with E-state index in [0.29, 0.717) is 18.1 Å². The Balaban J connectivity index is 1.49. The molecule has 2 atom stereocenters. The molecule has 0 aliphatic heterocycles. The lowest BCUT2D eigenvalue weighted by Gasteiger charge is -2.44. The summed E-state index contributed by atoms with van der Waals surface area (Å²) >= 11 is 5.62. The Morgan fingerprint density at radius 1 is 0.792 bits per heavy atom. The van der Waals surface area contributed by atoms with Crippen LogP contribution in [0.3, 0.4) is 0 Å². The monoisotopic (exact) mass is 828 g/mol. The fourth-order valence-corrected chi connectivity index (χ4v) is 14.0. The highest BCUT2D eigenvalue weighted by molar-refractivity contribution is 9.10. The third-order valence-electron chi connectivity index (χ3n) is 10.7. The van der Waals surface area contributed by atoms with Gasteiger partial charge in [-0.15, -0.1) is 0 Å². The van der Waals surface area contributed by atoms with Crippen molar-refractivity contribution in [3.8, 4) is 11.5 Å². The van der Waals surface area contributed by atoms with Crippen molar-refractivity contribution < 1.29 is 18.3 Å². The molecule has 0 saturated heterocycles. The summed E-state index contributed by atoms with van der Waals surface area (Å²) in [5, 5.41) is 4.64. The topological polar surface area (TPSA) is 36.9 Å². The van der Waals surface area contributed by atoms with Crippen molar-refractivity contribution in [1.82, 2.24) is 0 Å². The third-order valence-corrected chi connectivity index (χ3v) is 21.9. The van der Waals surface area contributed by atoms with Crippen LogP contribution in [0.25, 0.3) is 6.08 Å². The number of ether oxygens (including phenoxy) is 2. The van der Waals surface area contributed by atoms with Crippen LogP contribution in [0.15, 0.2) is 130 Å². The fourth-order valence-electron chi connectivity index (χ4n) is 6.86. The maximum atomic E-state index is 7.39. The van der Waals surface area contributed by atoms with Crippen molar-refractivity contribution in [3.63, 3.8) is 0 Å². The quantitative estimate of drug-likeness (QED) is 0.0719. The summed E-state index contributed by atoms with van der Waals surface area (Å²) in [5.74, 6) is 1.37. The molecule has 0 heterocycles. The van der Waals surface area contributed by atoms with E-state index in [1.807, 2.05) is 12.1 Å². The molecule has 5 rings (SSSR count). The van der Waals surface area contributed by atoms with Crippen LogP contribution in [0.5, 0.6) is 11.5 Å². The lowest BCUT2D eigenvalue weighted by atomic mass is 9.91. The predicted molar refractivity (Wildman–Crippen MR) is 234 cm³/mol. The largest absolute Gasteiger partial charge is 0.493 e. The molecule has 1 aliphatic carbocycles. The van der Waals surface area contributed by atoms with E-state index in [2.05, 4.69) is 179 Å². The van der Waals surface area contributed by atoms with Crippen molar-refractivity contribution in [2.75, 3.05) is 13.7 Å². The van der Waals surface area contributed by atoms with Gasteiger partial charge in [0.1, 0.15) is 6.10 Å². The first-order chi connectivity index (χ1) is 25.2. The highest BCUT2D eigenvalue weighted by Crippen LogP contribution is 2.44. The molecule has 0 N–H and O–H groups in total. The molecule has 0 fully saturated rings. The first-order valence-corrected chi connectivity index (χ1v) is 25.2. The van der Waals surface area contributed by atoms with Crippen LogP contribution in [0.1, 0.15) is 66.4 Å². The smallest absolute Gasteiger partial charge is 0.261 e. The zero-order valence-corrected chi connectivity index (χ0v) is 37.4. The van der Waals surface area contributed by atoms with Crippen molar-refractivity contribution in [3.05, 3.63) is 130 Å². The molecule has 0 spiro atoms. The van der Waals surface area contributed by atoms with Crippen molar-refractivity contribution in [2.24, 2.45) is 0 Å². The zero-order valence-electron chi connectivity index (χ0n) is 32.9. The summed E-state index contributed by atoms with van der Waals surface area (Å²) in [6.45, 7) is 19.1. The van der Waals surface area contributed by atoms with Crippen molar-refractivity contribution in [1.29, 1.82) is 0 Å². The lowest BCUT2D eigenvalue weighted by Crippen LogP contribution is -2.66. The van der Waals surface area contributed by atoms with Gasteiger partial charge in [-0.25, -0.2) is 0 Å². The van der Waals surface area contributed by atoms with Gasteiger partial charge in [-0.05, 0) is 116 Å². The van der Waals surface area contributed by atoms with E-state index in [0.717, 1.165) is 29.3 Å². The lowest BCUT2D eigenvalue weighted by molar-refractivity contribution is 0.0491. The van der Waals surface area contributed by atoms with Crippen LogP contribution >= 0.6 is 27.7 Å². The zero-order chi connectivity index (χ0) is 38.3. The molecule has 0 radical (unpaired) electrons. The molecule has 0 bridgehead atoms. The first-order valence-electron chi connectivity index (χ1n) is 18.7. The van der Waals surface area contributed by atoms with Crippen LogP contribution in [-0.2, 0) is 8.85 Å². The molecule has 4 nitrogen and oxygen atoms in total. The molecule has 0 unspecified atom stereocenters. The van der Waals surface area contributed by atoms with Crippen LogP contribution < -0.4 is 19.8 Å². The molecule has 53 heavy (non-hydrogen) atoms. The predicted octanol–water partition coefficient (Wildman–Crippen LogP) is 12.0. The van der Waals surface area contributed by atoms with Gasteiger partial charge in [0.05, 0.1) is 17.7 Å². The van der Waals surface area contributed by atoms with Gasteiger partial charge >= 0.3 is 0 Å². The first kappa shape index (κ1) is 41.3. The summed E-state index contributed by atoms with van der Waals surface area (Å²) in [6, 6.07) is 36.2. The average Bonchev–Trinajstić information content (AvgIpc) is 3.12. The van der Waals surface area contributed by atoms with E-state index >= 15 is 0 Å². The average molecular weight is 830 g/mol. The van der Waals surface area contributed by atoms with Crippen LogP contribution in [-0.4, -0.2) is 42.6 Å². The molecule has 0 aromatic heterocycles. The van der Waals surface area contributed by atoms with Gasteiger partial charge in [0.15, 0.2) is 19.8 Å². The number of hydrogen-bond acceptors (Lipinski definition) is 5. The molecular weight excluding hydrogens is 773 g/mol. The summed E-state index contributed by atoms with van der Waals surface area (Å²) in [7, 11) is -3.15. The number of benzene rings is 4. The van der Waals surface area contributed by atoms with E-state index in [9.17, 15) is 0 Å². The van der Waals surface area contributed by atoms with Gasteiger partial charge in [0.2, 0.25) is 0 Å². The van der Waals surface area contributed by atoms with Crippen LogP contribution in [0, 0.1) is 0 Å². The molecule has 0 amide bonds. The minimum absolute atomic E-state index is 0.0602. The highest BCUT2D eigenvalue weighted by Gasteiger charge is 2.50. The fraction of sp³-hybridized carbons (Fsp3) is 0.378. The summed E-state index contributed by atoms with van der Waals surface area (Å²) in [6.07, 6.45) is 6.64. The van der Waals surface area contributed by atoms with Gasteiger partial charge in [-0.2, -0.15) is 0 Å². The third kappa shape index (κ3) is 9.69. The van der Waals surface area contributed by atoms with Gasteiger partial charge in [0.25, 0.3) is 8.32 Å². The highest BCUT2D eigenvalue weighted by atomic mass is 79.9. The van der Waals surface area contributed by atoms with E-state index in [-0.39, 0.29) is 22.3 Å². The number of halogens is 1. The Morgan fingerprint density at radius 2 is 1.38 bits per heavy atom. The normalized spacial score (nSPS) is 17.1. The Hall–Kier alpha value is -2.86. The number of allylic oxidation sites excluding steroid dienone is 1. The Morgan fingerprint density at radius 3 is 1.92 bits per heavy atom. The van der Waals surface area contributed by atoms with E-state index in [1.54, 1.807) is 18.9 Å². The molecule has 282 valence electrons. The second-order valence-corrected chi connectivity index (χ2v) is 27.1. The number of rotatable bonds is 14. The second-order valence-electron chi connectivity index (χ2n) is 16.3. The summed E-state index contributed by atoms with van der Waals surface area (Å²) in [5.41, 5.74) is 2.23. The van der Waals surface area contributed by atoms with E-state index in [4.69, 9.17) is 18.3 Å². The maximum Gasteiger partial charge on any atom is 0.261 e. The molecular formula is C45H57BrO4SSi2. The van der Waals surface area contributed by atoms with Crippen molar-refractivity contribution >= 4 is 60.8 Å². The van der Waals surface area contributed by atoms with Crippen LogP contribution in [0.4, 0.5) is 0 Å². The Labute approximate surface area is 333 Å². The SMILES string of the molecule is COc1ccc(/C=C/Sc2ccccc2)c(Br)c1O[C@@H]1C(CCO[Si](c2ccccc2)(c2ccccc2)C(C)(C)C)=CCC[C@H]1O[Si](C)(C)C(C)(C)C. The Bertz CT molecular complexity index is 1790. The van der Waals surface area contributed by atoms with Crippen LogP contribution in [0.2, 0.25) is 23.2 Å². The number of hydrogen-bond donors (Lipinski definition) is 0. The Kier molecular flexibility index (Phi) is 13.8. The standard InChI is InChI=1S/C45H57BrO4SSi2/c1-44(2,3)52(8,9)50-40-27-19-20-35(30-32-48-53(45(4,5)6,37-23-15-11-16-24-37)38-25-17-12-18-26-38)42(40)49-43-39(47-7)29-28-34(41(43)46)31-33-51-36-21-13-10-14-22-36/h10-18,20-26,28-29,31,33,40,42H,19,27,30,32H2,1-9H3/b33-31+/t40-,42-/m1/s1. The molecule has 0 saturated carbocycles. The molecule has 1 aliphatic rings. The van der Waals surface area contributed by atoms with Gasteiger partial charge in [-0.3, -0.25) is 0 Å². The van der Waals surface area contributed by atoms with E-state index < -0.39 is 16.6 Å². The minimum atomic E-state index is -2.71. The van der Waals surface area contributed by atoms with Gasteiger partial charge < -0.3 is 18.3 Å². The number of methoxy groups -OCH3 is 1. The minimum Gasteiger partial charge on any atom is -0.493 e. The van der Waals surface area contributed by atoms with Crippen molar-refractivity contribution in [2.45, 2.75) is 101 Å².